The van der Waals surface area contributed by atoms with Gasteiger partial charge in [0.1, 0.15) is 0 Å². The Bertz CT molecular complexity index is 2650. The number of rotatable bonds is 20. The first kappa shape index (κ1) is 47.7. The van der Waals surface area contributed by atoms with Gasteiger partial charge in [-0.05, 0) is 148 Å². The Kier molecular flexibility index (Phi) is 15.1. The fourth-order valence-corrected chi connectivity index (χ4v) is 9.37. The molecule has 2 aliphatic rings. The summed E-state index contributed by atoms with van der Waals surface area (Å²) in [6.07, 6.45) is 3.90. The first-order valence-electron chi connectivity index (χ1n) is 24.4. The minimum absolute atomic E-state index is 0.197. The number of benzene rings is 6. The van der Waals surface area contributed by atoms with E-state index in [2.05, 4.69) is 199 Å². The van der Waals surface area contributed by atoms with Crippen LogP contribution in [0.1, 0.15) is 84.0 Å². The molecule has 0 fully saturated rings. The van der Waals surface area contributed by atoms with E-state index in [0.717, 1.165) is 93.2 Å². The van der Waals surface area contributed by atoms with E-state index in [9.17, 15) is 0 Å². The van der Waals surface area contributed by atoms with Gasteiger partial charge in [-0.1, -0.05) is 111 Å². The highest BCUT2D eigenvalue weighted by atomic mass is 16.5. The summed E-state index contributed by atoms with van der Waals surface area (Å²) in [5, 5.41) is 0. The van der Waals surface area contributed by atoms with Gasteiger partial charge in [-0.3, -0.25) is 9.59 Å². The van der Waals surface area contributed by atoms with Crippen molar-refractivity contribution in [2.75, 3.05) is 49.3 Å². The summed E-state index contributed by atoms with van der Waals surface area (Å²) in [4.78, 5) is 38.8. The Morgan fingerprint density at radius 1 is 0.426 bits per heavy atom. The zero-order valence-electron chi connectivity index (χ0n) is 41.2. The van der Waals surface area contributed by atoms with Crippen molar-refractivity contribution in [3.63, 3.8) is 0 Å². The number of unbranched alkanes of at least 4 members (excludes halogenated alkanes) is 2. The zero-order valence-corrected chi connectivity index (χ0v) is 41.2. The second-order valence-corrected chi connectivity index (χ2v) is 18.2. The quantitative estimate of drug-likeness (QED) is 0.0711. The first-order valence-corrected chi connectivity index (χ1v) is 24.4. The van der Waals surface area contributed by atoms with E-state index < -0.39 is 0 Å². The summed E-state index contributed by atoms with van der Waals surface area (Å²) in [7, 11) is 0. The van der Waals surface area contributed by atoms with Crippen molar-refractivity contribution in [1.29, 1.82) is 0 Å². The molecule has 8 nitrogen and oxygen atoms in total. The molecule has 2 aliphatic heterocycles. The minimum Gasteiger partial charge on any atom is -0.380 e. The van der Waals surface area contributed by atoms with E-state index >= 15 is 9.59 Å². The highest BCUT2D eigenvalue weighted by Crippen LogP contribution is 2.49. The Hall–Kier alpha value is -6.74. The van der Waals surface area contributed by atoms with Crippen molar-refractivity contribution in [1.82, 2.24) is 9.80 Å². The average Bonchev–Trinajstić information content (AvgIpc) is 3.78. The van der Waals surface area contributed by atoms with Crippen molar-refractivity contribution in [2.24, 2.45) is 0 Å². The number of para-hydroxylation sites is 2. The number of anilines is 6. The highest BCUT2D eigenvalue weighted by Gasteiger charge is 2.49. The zero-order chi connectivity index (χ0) is 47.9. The maximum absolute atomic E-state index is 15.3. The van der Waals surface area contributed by atoms with Crippen LogP contribution < -0.4 is 9.80 Å². The smallest absolute Gasteiger partial charge is 0.261 e. The van der Waals surface area contributed by atoms with Gasteiger partial charge in [0.05, 0.1) is 35.8 Å². The predicted molar refractivity (Wildman–Crippen MR) is 279 cm³/mol. The van der Waals surface area contributed by atoms with Crippen LogP contribution >= 0.6 is 0 Å². The van der Waals surface area contributed by atoms with Gasteiger partial charge >= 0.3 is 0 Å². The van der Waals surface area contributed by atoms with E-state index in [4.69, 9.17) is 9.47 Å². The fourth-order valence-electron chi connectivity index (χ4n) is 9.37. The largest absolute Gasteiger partial charge is 0.380 e. The number of carbonyl (C=O) groups excluding carboxylic acids is 2. The summed E-state index contributed by atoms with van der Waals surface area (Å²) in [5.41, 5.74) is 16.7. The standard InChI is InChI=1S/C60H66N4O4/c1-9-11-35-67-37-33-61-57(47-25-31-53(45(7)39-47)63(49-27-21-41(3)22-28-49)51-19-15-13-17-43(51)5)55-56(59(61)65)58(62(60(55)66)34-38-68-36-12-10-2)48-26-32-54(46(8)40-48)64(50-29-23-42(4)24-30-50)52-20-16-14-18-44(52)6/h13-32,39-40H,9-12,33-38H2,1-8H3. The normalized spacial score (nSPS) is 13.6. The molecular formula is C60H66N4O4. The molecule has 0 unspecified atom stereocenters. The van der Waals surface area contributed by atoms with Gasteiger partial charge in [0.2, 0.25) is 0 Å². The van der Waals surface area contributed by atoms with Crippen molar-refractivity contribution in [2.45, 2.75) is 81.1 Å². The molecule has 0 spiro atoms. The van der Waals surface area contributed by atoms with Crippen molar-refractivity contribution in [3.8, 4) is 0 Å². The van der Waals surface area contributed by atoms with Gasteiger partial charge in [0.15, 0.2) is 0 Å². The van der Waals surface area contributed by atoms with E-state index in [-0.39, 0.29) is 11.8 Å². The molecule has 68 heavy (non-hydrogen) atoms. The maximum Gasteiger partial charge on any atom is 0.261 e. The summed E-state index contributed by atoms with van der Waals surface area (Å²) >= 11 is 0. The molecule has 2 heterocycles. The van der Waals surface area contributed by atoms with E-state index in [1.807, 2.05) is 0 Å². The van der Waals surface area contributed by atoms with Gasteiger partial charge in [-0.15, -0.1) is 0 Å². The van der Waals surface area contributed by atoms with Crippen LogP contribution in [0.3, 0.4) is 0 Å². The molecule has 0 aliphatic carbocycles. The van der Waals surface area contributed by atoms with E-state index in [1.165, 1.54) is 11.1 Å². The fraction of sp³-hybridized carbons (Fsp3) is 0.300. The number of nitrogens with zero attached hydrogens (tertiary/aromatic N) is 4. The van der Waals surface area contributed by atoms with Crippen molar-refractivity contribution < 1.29 is 19.1 Å². The minimum atomic E-state index is -0.197. The number of hydrogen-bond donors (Lipinski definition) is 0. The lowest BCUT2D eigenvalue weighted by Crippen LogP contribution is -2.33. The molecule has 0 atom stereocenters. The van der Waals surface area contributed by atoms with Crippen molar-refractivity contribution >= 4 is 57.3 Å². The summed E-state index contributed by atoms with van der Waals surface area (Å²) in [6.45, 7) is 19.5. The van der Waals surface area contributed by atoms with Gasteiger partial charge in [0, 0.05) is 60.4 Å². The molecule has 0 aromatic heterocycles. The van der Waals surface area contributed by atoms with Crippen LogP contribution in [0.15, 0.2) is 145 Å². The third-order valence-corrected chi connectivity index (χ3v) is 13.1. The molecule has 6 aromatic carbocycles. The Balaban J connectivity index is 1.28. The lowest BCUT2D eigenvalue weighted by Gasteiger charge is -2.30. The third-order valence-electron chi connectivity index (χ3n) is 13.1. The first-order chi connectivity index (χ1) is 33.0. The molecule has 0 saturated carbocycles. The summed E-state index contributed by atoms with van der Waals surface area (Å²) < 4.78 is 12.2. The van der Waals surface area contributed by atoms with Gasteiger partial charge in [-0.2, -0.15) is 0 Å². The van der Waals surface area contributed by atoms with E-state index in [1.54, 1.807) is 9.80 Å². The lowest BCUT2D eigenvalue weighted by molar-refractivity contribution is -0.124. The topological polar surface area (TPSA) is 65.6 Å². The molecule has 0 bridgehead atoms. The van der Waals surface area contributed by atoms with Crippen molar-refractivity contribution in [3.05, 3.63) is 189 Å². The molecule has 2 amide bonds. The van der Waals surface area contributed by atoms with Gasteiger partial charge in [0.25, 0.3) is 11.8 Å². The van der Waals surface area contributed by atoms with Crippen LogP contribution in [-0.2, 0) is 19.1 Å². The summed E-state index contributed by atoms with van der Waals surface area (Å²) in [6, 6.07) is 46.7. The maximum atomic E-state index is 15.3. The molecule has 6 aromatic rings. The van der Waals surface area contributed by atoms with Crippen LogP contribution in [0.25, 0.3) is 11.4 Å². The number of hydrogen-bond acceptors (Lipinski definition) is 6. The molecule has 0 saturated heterocycles. The Labute approximate surface area is 404 Å². The molecule has 350 valence electrons. The molecule has 0 radical (unpaired) electrons. The second kappa shape index (κ2) is 21.5. The van der Waals surface area contributed by atoms with Crippen LogP contribution in [0.5, 0.6) is 0 Å². The highest BCUT2D eigenvalue weighted by molar-refractivity contribution is 6.30. The lowest BCUT2D eigenvalue weighted by atomic mass is 9.98. The monoisotopic (exact) mass is 907 g/mol. The second-order valence-electron chi connectivity index (χ2n) is 18.2. The third kappa shape index (κ3) is 9.80. The number of amides is 2. The van der Waals surface area contributed by atoms with Gasteiger partial charge in [-0.25, -0.2) is 0 Å². The number of aryl methyl sites for hydroxylation is 6. The molecule has 0 N–H and O–H groups in total. The number of carbonyl (C=O) groups is 2. The Morgan fingerprint density at radius 3 is 1.15 bits per heavy atom. The molecule has 8 heteroatoms. The SMILES string of the molecule is CCCCOCCN1C(=O)C2=C(c3ccc(N(c4ccc(C)cc4)c4ccccc4C)c(C)c3)N(CCOCCCC)C(=O)C2=C1c1ccc(N(c2ccc(C)cc2)c2ccccc2C)c(C)c1. The summed E-state index contributed by atoms with van der Waals surface area (Å²) in [5.74, 6) is -0.393. The van der Waals surface area contributed by atoms with Gasteiger partial charge < -0.3 is 29.1 Å². The van der Waals surface area contributed by atoms with E-state index in [0.29, 0.717) is 62.1 Å². The van der Waals surface area contributed by atoms with Crippen LogP contribution in [0.4, 0.5) is 34.1 Å². The molecular weight excluding hydrogens is 841 g/mol. The van der Waals surface area contributed by atoms with Crippen LogP contribution in [0, 0.1) is 41.5 Å². The predicted octanol–water partition coefficient (Wildman–Crippen LogP) is 13.9. The van der Waals surface area contributed by atoms with Crippen LogP contribution in [0.2, 0.25) is 0 Å². The number of ether oxygens (including phenoxy) is 2. The molecule has 8 rings (SSSR count). The average molecular weight is 907 g/mol. The van der Waals surface area contributed by atoms with Crippen LogP contribution in [-0.4, -0.2) is 61.1 Å². The Morgan fingerprint density at radius 2 is 0.794 bits per heavy atom. The number of fused-ring (bicyclic) bond motifs is 1.